The van der Waals surface area contributed by atoms with Gasteiger partial charge in [0.2, 0.25) is 10.0 Å². The van der Waals surface area contributed by atoms with Crippen LogP contribution in [0.3, 0.4) is 0 Å². The first-order valence-corrected chi connectivity index (χ1v) is 7.40. The molecular formula is C12H12ClNO4S. The topological polar surface area (TPSA) is 83.5 Å². The summed E-state index contributed by atoms with van der Waals surface area (Å²) in [7, 11) is -3.89. The van der Waals surface area contributed by atoms with E-state index in [0.29, 0.717) is 5.02 Å². The third-order valence-corrected chi connectivity index (χ3v) is 4.77. The molecule has 2 N–H and O–H groups in total. The Kier molecular flexibility index (Phi) is 3.66. The molecule has 0 unspecified atom stereocenters. The molecule has 0 amide bonds. The lowest BCUT2D eigenvalue weighted by Gasteiger charge is -2.25. The molecule has 0 heterocycles. The number of aliphatic carboxylic acids is 1. The molecule has 0 saturated carbocycles. The number of benzene rings is 1. The number of hydrogen-bond donors (Lipinski definition) is 2. The zero-order valence-electron chi connectivity index (χ0n) is 9.84. The molecule has 5 nitrogen and oxygen atoms in total. The molecule has 0 spiro atoms. The van der Waals surface area contributed by atoms with E-state index in [2.05, 4.69) is 4.72 Å². The third-order valence-electron chi connectivity index (χ3n) is 2.96. The predicted molar refractivity (Wildman–Crippen MR) is 70.5 cm³/mol. The maximum absolute atomic E-state index is 12.2. The van der Waals surface area contributed by atoms with Crippen LogP contribution in [0.25, 0.3) is 0 Å². The molecule has 1 aliphatic carbocycles. The van der Waals surface area contributed by atoms with Gasteiger partial charge in [-0.3, -0.25) is 4.79 Å². The minimum atomic E-state index is -3.89. The average molecular weight is 302 g/mol. The molecule has 0 aromatic heterocycles. The molecule has 0 fully saturated rings. The number of carboxylic acids is 1. The Hall–Kier alpha value is -1.37. The number of carboxylic acid groups (broad SMARTS) is 1. The van der Waals surface area contributed by atoms with Crippen LogP contribution in [0.2, 0.25) is 5.02 Å². The smallest absolute Gasteiger partial charge is 0.325 e. The minimum Gasteiger partial charge on any atom is -0.480 e. The molecule has 0 radical (unpaired) electrons. The van der Waals surface area contributed by atoms with Gasteiger partial charge in [-0.25, -0.2) is 8.42 Å². The highest BCUT2D eigenvalue weighted by Crippen LogP contribution is 2.26. The van der Waals surface area contributed by atoms with E-state index in [1.54, 1.807) is 12.2 Å². The average Bonchev–Trinajstić information content (AvgIpc) is 2.78. The zero-order chi connectivity index (χ0) is 14.1. The fraction of sp³-hybridized carbons (Fsp3) is 0.250. The highest BCUT2D eigenvalue weighted by atomic mass is 35.5. The summed E-state index contributed by atoms with van der Waals surface area (Å²) in [4.78, 5) is 11.3. The first-order chi connectivity index (χ1) is 8.86. The normalized spacial score (nSPS) is 17.5. The van der Waals surface area contributed by atoms with E-state index >= 15 is 0 Å². The van der Waals surface area contributed by atoms with Gasteiger partial charge in [-0.2, -0.15) is 4.72 Å². The van der Waals surface area contributed by atoms with Gasteiger partial charge in [0.05, 0.1) is 4.90 Å². The van der Waals surface area contributed by atoms with Crippen molar-refractivity contribution in [2.75, 3.05) is 0 Å². The quantitative estimate of drug-likeness (QED) is 0.831. The number of halogens is 1. The molecule has 0 aliphatic heterocycles. The summed E-state index contributed by atoms with van der Waals surface area (Å²) in [6, 6.07) is 5.55. The Labute approximate surface area is 115 Å². The van der Waals surface area contributed by atoms with Crippen molar-refractivity contribution in [1.82, 2.24) is 4.72 Å². The molecule has 1 aliphatic rings. The number of rotatable bonds is 4. The first-order valence-electron chi connectivity index (χ1n) is 5.54. The molecule has 1 aromatic carbocycles. The van der Waals surface area contributed by atoms with E-state index in [1.165, 1.54) is 24.3 Å². The molecule has 1 aromatic rings. The molecule has 0 saturated heterocycles. The molecule has 2 rings (SSSR count). The second-order valence-electron chi connectivity index (χ2n) is 4.33. The summed E-state index contributed by atoms with van der Waals surface area (Å²) in [6.45, 7) is 0. The van der Waals surface area contributed by atoms with Gasteiger partial charge in [0.15, 0.2) is 0 Å². The summed E-state index contributed by atoms with van der Waals surface area (Å²) in [5, 5.41) is 9.64. The van der Waals surface area contributed by atoms with Crippen LogP contribution in [-0.4, -0.2) is 25.0 Å². The van der Waals surface area contributed by atoms with Crippen molar-refractivity contribution in [3.8, 4) is 0 Å². The predicted octanol–water partition coefficient (Wildman–Crippen LogP) is 1.79. The highest BCUT2D eigenvalue weighted by molar-refractivity contribution is 7.89. The summed E-state index contributed by atoms with van der Waals surface area (Å²) < 4.78 is 26.6. The van der Waals surface area contributed by atoms with Crippen molar-refractivity contribution in [3.05, 3.63) is 41.4 Å². The molecule has 19 heavy (non-hydrogen) atoms. The van der Waals surface area contributed by atoms with Crippen molar-refractivity contribution in [2.45, 2.75) is 23.3 Å². The van der Waals surface area contributed by atoms with Crippen LogP contribution in [0.4, 0.5) is 0 Å². The fourth-order valence-electron chi connectivity index (χ4n) is 1.88. The van der Waals surface area contributed by atoms with Gasteiger partial charge in [-0.1, -0.05) is 23.8 Å². The van der Waals surface area contributed by atoms with Crippen LogP contribution in [0.1, 0.15) is 12.8 Å². The number of sulfonamides is 1. The molecule has 0 bridgehead atoms. The molecular weight excluding hydrogens is 290 g/mol. The highest BCUT2D eigenvalue weighted by Gasteiger charge is 2.42. The molecule has 0 atom stereocenters. The standard InChI is InChI=1S/C12H12ClNO4S/c13-9-3-5-10(6-4-9)19(17,18)14-12(11(15)16)7-1-2-8-12/h1-6,14H,7-8H2,(H,15,16). The minimum absolute atomic E-state index is 0.00979. The zero-order valence-corrected chi connectivity index (χ0v) is 11.4. The van der Waals surface area contributed by atoms with E-state index < -0.39 is 21.5 Å². The lowest BCUT2D eigenvalue weighted by atomic mass is 9.99. The first kappa shape index (κ1) is 14.0. The van der Waals surface area contributed by atoms with Gasteiger partial charge in [0, 0.05) is 5.02 Å². The number of carbonyl (C=O) groups is 1. The Morgan fingerprint density at radius 3 is 2.21 bits per heavy atom. The summed E-state index contributed by atoms with van der Waals surface area (Å²) >= 11 is 5.69. The van der Waals surface area contributed by atoms with Crippen molar-refractivity contribution in [3.63, 3.8) is 0 Å². The van der Waals surface area contributed by atoms with Crippen molar-refractivity contribution >= 4 is 27.6 Å². The van der Waals surface area contributed by atoms with Crippen LogP contribution >= 0.6 is 11.6 Å². The van der Waals surface area contributed by atoms with Crippen LogP contribution in [0, 0.1) is 0 Å². The third kappa shape index (κ3) is 2.80. The molecule has 102 valence electrons. The lowest BCUT2D eigenvalue weighted by Crippen LogP contribution is -2.52. The maximum Gasteiger partial charge on any atom is 0.325 e. The van der Waals surface area contributed by atoms with Crippen LogP contribution in [-0.2, 0) is 14.8 Å². The van der Waals surface area contributed by atoms with Gasteiger partial charge in [-0.05, 0) is 37.1 Å². The largest absolute Gasteiger partial charge is 0.480 e. The second-order valence-corrected chi connectivity index (χ2v) is 6.45. The Bertz CT molecular complexity index is 614. The molecule has 7 heteroatoms. The van der Waals surface area contributed by atoms with E-state index in [0.717, 1.165) is 0 Å². The monoisotopic (exact) mass is 301 g/mol. The Morgan fingerprint density at radius 1 is 1.21 bits per heavy atom. The number of nitrogens with one attached hydrogen (secondary N) is 1. The SMILES string of the molecule is O=C(O)C1(NS(=O)(=O)c2ccc(Cl)cc2)CC=CC1. The summed E-state index contributed by atoms with van der Waals surface area (Å²) in [6.07, 6.45) is 3.57. The van der Waals surface area contributed by atoms with Crippen molar-refractivity contribution in [1.29, 1.82) is 0 Å². The van der Waals surface area contributed by atoms with Gasteiger partial charge >= 0.3 is 5.97 Å². The summed E-state index contributed by atoms with van der Waals surface area (Å²) in [5.41, 5.74) is -1.49. The lowest BCUT2D eigenvalue weighted by molar-refractivity contribution is -0.143. The fourth-order valence-corrected chi connectivity index (χ4v) is 3.39. The van der Waals surface area contributed by atoms with Gasteiger partial charge in [0.1, 0.15) is 5.54 Å². The second kappa shape index (κ2) is 4.96. The van der Waals surface area contributed by atoms with E-state index in [9.17, 15) is 18.3 Å². The van der Waals surface area contributed by atoms with Crippen molar-refractivity contribution < 1.29 is 18.3 Å². The van der Waals surface area contributed by atoms with E-state index in [1.807, 2.05) is 0 Å². The Morgan fingerprint density at radius 2 is 1.74 bits per heavy atom. The van der Waals surface area contributed by atoms with Crippen LogP contribution in [0.15, 0.2) is 41.3 Å². The van der Waals surface area contributed by atoms with Crippen LogP contribution in [0.5, 0.6) is 0 Å². The van der Waals surface area contributed by atoms with E-state index in [-0.39, 0.29) is 17.7 Å². The van der Waals surface area contributed by atoms with E-state index in [4.69, 9.17) is 11.6 Å². The Balaban J connectivity index is 2.31. The van der Waals surface area contributed by atoms with Crippen LogP contribution < -0.4 is 4.72 Å². The van der Waals surface area contributed by atoms with Crippen molar-refractivity contribution in [2.24, 2.45) is 0 Å². The van der Waals surface area contributed by atoms with Gasteiger partial charge < -0.3 is 5.11 Å². The van der Waals surface area contributed by atoms with Gasteiger partial charge in [-0.15, -0.1) is 0 Å². The van der Waals surface area contributed by atoms with Gasteiger partial charge in [0.25, 0.3) is 0 Å². The number of hydrogen-bond acceptors (Lipinski definition) is 3. The maximum atomic E-state index is 12.2. The summed E-state index contributed by atoms with van der Waals surface area (Å²) in [5.74, 6) is -1.19.